The Balaban J connectivity index is 2.19. The molecule has 1 saturated heterocycles. The topological polar surface area (TPSA) is 38.5 Å². The van der Waals surface area contributed by atoms with Gasteiger partial charge in [-0.3, -0.25) is 4.90 Å². The van der Waals surface area contributed by atoms with Crippen LogP contribution in [0.3, 0.4) is 0 Å². The Morgan fingerprint density at radius 1 is 1.67 bits per heavy atom. The molecule has 2 N–H and O–H groups in total. The van der Waals surface area contributed by atoms with Crippen molar-refractivity contribution >= 4 is 27.3 Å². The summed E-state index contributed by atoms with van der Waals surface area (Å²) < 4.78 is 6.91. The fourth-order valence-corrected chi connectivity index (χ4v) is 4.10. The molecule has 3 atom stereocenters. The van der Waals surface area contributed by atoms with E-state index in [2.05, 4.69) is 46.1 Å². The summed E-state index contributed by atoms with van der Waals surface area (Å²) in [5.74, 6) is 0. The molecule has 1 aliphatic rings. The zero-order valence-electron chi connectivity index (χ0n) is 10.9. The molecule has 0 spiro atoms. The van der Waals surface area contributed by atoms with Crippen molar-refractivity contribution in [3.63, 3.8) is 0 Å². The number of morpholine rings is 1. The molecule has 1 aliphatic heterocycles. The van der Waals surface area contributed by atoms with Crippen molar-refractivity contribution in [1.29, 1.82) is 0 Å². The second-order valence-electron chi connectivity index (χ2n) is 4.82. The number of rotatable bonds is 4. The van der Waals surface area contributed by atoms with E-state index in [1.165, 1.54) is 4.88 Å². The summed E-state index contributed by atoms with van der Waals surface area (Å²) in [6, 6.07) is 2.99. The minimum Gasteiger partial charge on any atom is -0.376 e. The number of nitrogens with zero attached hydrogens (tertiary/aromatic N) is 1. The number of ether oxygens (including phenoxy) is 1. The first kappa shape index (κ1) is 14.5. The van der Waals surface area contributed by atoms with Gasteiger partial charge in [-0.1, -0.05) is 6.92 Å². The molecular formula is C13H21BrN2OS. The maximum Gasteiger partial charge on any atom is 0.0675 e. The van der Waals surface area contributed by atoms with E-state index in [4.69, 9.17) is 10.5 Å². The molecule has 0 aliphatic carbocycles. The Kier molecular flexibility index (Phi) is 5.21. The predicted octanol–water partition coefficient (Wildman–Crippen LogP) is 3.01. The Bertz CT molecular complexity index is 385. The number of hydrogen-bond donors (Lipinski definition) is 1. The molecular weight excluding hydrogens is 312 g/mol. The zero-order chi connectivity index (χ0) is 13.1. The molecule has 2 rings (SSSR count). The molecule has 2 heterocycles. The largest absolute Gasteiger partial charge is 0.376 e. The average molecular weight is 333 g/mol. The molecule has 3 unspecified atom stereocenters. The maximum absolute atomic E-state index is 6.02. The predicted molar refractivity (Wildman–Crippen MR) is 80.0 cm³/mol. The Morgan fingerprint density at radius 3 is 3.00 bits per heavy atom. The molecule has 0 bridgehead atoms. The van der Waals surface area contributed by atoms with Crippen LogP contribution in [0.4, 0.5) is 0 Å². The highest BCUT2D eigenvalue weighted by atomic mass is 79.9. The van der Waals surface area contributed by atoms with Crippen LogP contribution < -0.4 is 5.73 Å². The number of thiophene rings is 1. The molecule has 0 amide bonds. The van der Waals surface area contributed by atoms with E-state index in [9.17, 15) is 0 Å². The van der Waals surface area contributed by atoms with E-state index in [0.29, 0.717) is 24.7 Å². The highest BCUT2D eigenvalue weighted by Gasteiger charge is 2.31. The fraction of sp³-hybridized carbons (Fsp3) is 0.692. The van der Waals surface area contributed by atoms with E-state index in [1.807, 2.05) is 0 Å². The van der Waals surface area contributed by atoms with Crippen LogP contribution in [0.25, 0.3) is 0 Å². The quantitative estimate of drug-likeness (QED) is 0.921. The summed E-state index contributed by atoms with van der Waals surface area (Å²) in [5, 5.41) is 2.13. The van der Waals surface area contributed by atoms with Crippen molar-refractivity contribution in [2.75, 3.05) is 19.7 Å². The van der Waals surface area contributed by atoms with E-state index >= 15 is 0 Å². The van der Waals surface area contributed by atoms with Gasteiger partial charge in [-0.2, -0.15) is 0 Å². The van der Waals surface area contributed by atoms with Gasteiger partial charge in [-0.05, 0) is 35.3 Å². The summed E-state index contributed by atoms with van der Waals surface area (Å²) in [6.07, 6.45) is 1.40. The Labute approximate surface area is 121 Å². The molecule has 5 heteroatoms. The van der Waals surface area contributed by atoms with Crippen molar-refractivity contribution in [3.8, 4) is 0 Å². The first-order valence-corrected chi connectivity index (χ1v) is 8.14. The van der Waals surface area contributed by atoms with Crippen LogP contribution in [0.1, 0.15) is 31.2 Å². The highest BCUT2D eigenvalue weighted by Crippen LogP contribution is 2.32. The minimum absolute atomic E-state index is 0.297. The number of hydrogen-bond acceptors (Lipinski definition) is 4. The van der Waals surface area contributed by atoms with Crippen LogP contribution in [0.2, 0.25) is 0 Å². The second kappa shape index (κ2) is 6.48. The molecule has 1 aromatic rings. The van der Waals surface area contributed by atoms with Gasteiger partial charge in [-0.25, -0.2) is 0 Å². The molecule has 3 nitrogen and oxygen atoms in total. The van der Waals surface area contributed by atoms with Crippen molar-refractivity contribution in [2.24, 2.45) is 5.73 Å². The lowest BCUT2D eigenvalue weighted by molar-refractivity contribution is -0.0714. The van der Waals surface area contributed by atoms with E-state index in [0.717, 1.165) is 24.0 Å². The summed E-state index contributed by atoms with van der Waals surface area (Å²) in [6.45, 7) is 6.80. The van der Waals surface area contributed by atoms with Gasteiger partial charge in [0, 0.05) is 33.9 Å². The molecule has 0 aromatic carbocycles. The van der Waals surface area contributed by atoms with Gasteiger partial charge >= 0.3 is 0 Å². The van der Waals surface area contributed by atoms with Crippen LogP contribution in [-0.4, -0.2) is 36.7 Å². The molecule has 0 radical (unpaired) electrons. The lowest BCUT2D eigenvalue weighted by Gasteiger charge is -2.42. The molecule has 102 valence electrons. The summed E-state index contributed by atoms with van der Waals surface area (Å²) in [5.41, 5.74) is 6.02. The van der Waals surface area contributed by atoms with Crippen molar-refractivity contribution in [1.82, 2.24) is 4.90 Å². The first-order valence-electron chi connectivity index (χ1n) is 6.47. The van der Waals surface area contributed by atoms with Gasteiger partial charge in [0.2, 0.25) is 0 Å². The number of halogens is 1. The van der Waals surface area contributed by atoms with Gasteiger partial charge in [0.1, 0.15) is 0 Å². The third kappa shape index (κ3) is 3.14. The van der Waals surface area contributed by atoms with Crippen LogP contribution in [0, 0.1) is 0 Å². The van der Waals surface area contributed by atoms with Crippen molar-refractivity contribution in [2.45, 2.75) is 38.5 Å². The van der Waals surface area contributed by atoms with E-state index < -0.39 is 0 Å². The summed E-state index contributed by atoms with van der Waals surface area (Å²) in [7, 11) is 0. The SMILES string of the molecule is CCC1COC(C)CN1C(CN)c1cc(Br)cs1. The lowest BCUT2D eigenvalue weighted by Crippen LogP contribution is -2.51. The van der Waals surface area contributed by atoms with Crippen LogP contribution >= 0.6 is 27.3 Å². The Morgan fingerprint density at radius 2 is 2.44 bits per heavy atom. The Hall–Kier alpha value is 0.0600. The van der Waals surface area contributed by atoms with Crippen molar-refractivity contribution in [3.05, 3.63) is 20.8 Å². The van der Waals surface area contributed by atoms with Crippen LogP contribution in [0.5, 0.6) is 0 Å². The molecule has 0 saturated carbocycles. The first-order chi connectivity index (χ1) is 8.65. The molecule has 1 aromatic heterocycles. The third-order valence-electron chi connectivity index (χ3n) is 3.52. The highest BCUT2D eigenvalue weighted by molar-refractivity contribution is 9.10. The van der Waals surface area contributed by atoms with Crippen LogP contribution in [-0.2, 0) is 4.74 Å². The second-order valence-corrected chi connectivity index (χ2v) is 6.68. The van der Waals surface area contributed by atoms with Gasteiger partial charge < -0.3 is 10.5 Å². The van der Waals surface area contributed by atoms with Gasteiger partial charge in [0.25, 0.3) is 0 Å². The minimum atomic E-state index is 0.297. The summed E-state index contributed by atoms with van der Waals surface area (Å²) in [4.78, 5) is 3.86. The van der Waals surface area contributed by atoms with Crippen molar-refractivity contribution < 1.29 is 4.74 Å². The zero-order valence-corrected chi connectivity index (χ0v) is 13.3. The van der Waals surface area contributed by atoms with Gasteiger partial charge in [0.05, 0.1) is 18.8 Å². The third-order valence-corrected chi connectivity index (χ3v) is 5.32. The fourth-order valence-electron chi connectivity index (χ4n) is 2.52. The standard InChI is InChI=1S/C13H21BrN2OS/c1-3-11-7-17-9(2)6-16(11)12(5-15)13-4-10(14)8-18-13/h4,8-9,11-12H,3,5-7,15H2,1-2H3. The number of nitrogens with two attached hydrogens (primary N) is 1. The van der Waals surface area contributed by atoms with Crippen LogP contribution in [0.15, 0.2) is 15.9 Å². The van der Waals surface area contributed by atoms with Gasteiger partial charge in [-0.15, -0.1) is 11.3 Å². The maximum atomic E-state index is 6.02. The van der Waals surface area contributed by atoms with Gasteiger partial charge in [0.15, 0.2) is 0 Å². The molecule has 18 heavy (non-hydrogen) atoms. The average Bonchev–Trinajstić information content (AvgIpc) is 2.77. The summed E-state index contributed by atoms with van der Waals surface area (Å²) >= 11 is 5.30. The normalized spacial score (nSPS) is 27.3. The van der Waals surface area contributed by atoms with E-state index in [1.54, 1.807) is 11.3 Å². The smallest absolute Gasteiger partial charge is 0.0675 e. The monoisotopic (exact) mass is 332 g/mol. The van der Waals surface area contributed by atoms with E-state index in [-0.39, 0.29) is 0 Å². The lowest BCUT2D eigenvalue weighted by atomic mass is 10.1. The molecule has 1 fully saturated rings.